The highest BCUT2D eigenvalue weighted by molar-refractivity contribution is 5.33. The summed E-state index contributed by atoms with van der Waals surface area (Å²) < 4.78 is 6.04. The second-order valence-electron chi connectivity index (χ2n) is 9.45. The van der Waals surface area contributed by atoms with Crippen LogP contribution in [0.4, 0.5) is 0 Å². The molecule has 3 fully saturated rings. The van der Waals surface area contributed by atoms with Crippen molar-refractivity contribution in [1.29, 1.82) is 0 Å². The van der Waals surface area contributed by atoms with Crippen LogP contribution in [0.2, 0.25) is 0 Å². The van der Waals surface area contributed by atoms with Gasteiger partial charge in [0.1, 0.15) is 5.75 Å². The van der Waals surface area contributed by atoms with E-state index in [1.165, 1.54) is 31.5 Å². The van der Waals surface area contributed by atoms with Crippen LogP contribution in [0.5, 0.6) is 5.75 Å². The molecule has 1 aromatic carbocycles. The SMILES string of the molecule is CC1CCCN(CCCOc2cccc(CN3C[C@H]4CC(O)C[C@H]4C3)c2)C1.O=CO.O=CO. The average Bonchev–Trinajstić information content (AvgIpc) is 3.29. The van der Waals surface area contributed by atoms with Crippen LogP contribution in [0, 0.1) is 17.8 Å². The van der Waals surface area contributed by atoms with Gasteiger partial charge in [-0.15, -0.1) is 0 Å². The molecule has 2 saturated heterocycles. The summed E-state index contributed by atoms with van der Waals surface area (Å²) in [5, 5.41) is 23.6. The number of fused-ring (bicyclic) bond motifs is 1. The van der Waals surface area contributed by atoms with E-state index in [9.17, 15) is 5.11 Å². The normalized spacial score (nSPS) is 26.8. The van der Waals surface area contributed by atoms with Gasteiger partial charge in [-0.05, 0) is 74.1 Å². The summed E-state index contributed by atoms with van der Waals surface area (Å²) in [6, 6.07) is 8.63. The molecule has 0 aromatic heterocycles. The standard InChI is InChI=1S/C23H36N2O2.2CH2O2/c1-18-5-3-8-24(14-18)9-4-10-27-23-7-2-6-19(11-23)15-25-16-20-12-22(26)13-21(20)17-25;2*2-1-3/h2,6-7,11,18,20-22,26H,3-5,8-10,12-17H2,1H3;2*1H,(H,2,3)/t18?,20-,21+,22?;;. The van der Waals surface area contributed by atoms with Gasteiger partial charge in [-0.2, -0.15) is 0 Å². The third-order valence-corrected chi connectivity index (χ3v) is 6.73. The molecule has 1 aliphatic carbocycles. The highest BCUT2D eigenvalue weighted by atomic mass is 16.5. The number of likely N-dealkylation sites (tertiary alicyclic amines) is 2. The van der Waals surface area contributed by atoms with Gasteiger partial charge in [0.05, 0.1) is 12.7 Å². The van der Waals surface area contributed by atoms with Crippen LogP contribution in [-0.2, 0) is 16.1 Å². The fourth-order valence-corrected chi connectivity index (χ4v) is 5.45. The maximum atomic E-state index is 9.81. The maximum absolute atomic E-state index is 9.81. The molecule has 0 amide bonds. The summed E-state index contributed by atoms with van der Waals surface area (Å²) in [4.78, 5) is 21.9. The number of carboxylic acid groups (broad SMARTS) is 2. The molecule has 8 nitrogen and oxygen atoms in total. The smallest absolute Gasteiger partial charge is 0.290 e. The lowest BCUT2D eigenvalue weighted by atomic mass is 10.0. The summed E-state index contributed by atoms with van der Waals surface area (Å²) in [6.45, 7) is 9.63. The Bertz CT molecular complexity index is 683. The first-order valence-corrected chi connectivity index (χ1v) is 12.0. The van der Waals surface area contributed by atoms with Crippen molar-refractivity contribution in [2.45, 2.75) is 51.7 Å². The van der Waals surface area contributed by atoms with Crippen molar-refractivity contribution in [2.75, 3.05) is 39.3 Å². The summed E-state index contributed by atoms with van der Waals surface area (Å²) >= 11 is 0. The van der Waals surface area contributed by atoms with Crippen LogP contribution in [0.1, 0.15) is 44.6 Å². The molecule has 1 aromatic rings. The van der Waals surface area contributed by atoms with Crippen molar-refractivity contribution in [2.24, 2.45) is 17.8 Å². The van der Waals surface area contributed by atoms with Gasteiger partial charge < -0.3 is 25.0 Å². The lowest BCUT2D eigenvalue weighted by molar-refractivity contribution is -0.123. The number of nitrogens with zero attached hydrogens (tertiary/aromatic N) is 2. The minimum absolute atomic E-state index is 0.0490. The summed E-state index contributed by atoms with van der Waals surface area (Å²) in [5.74, 6) is 3.27. The quantitative estimate of drug-likeness (QED) is 0.417. The third-order valence-electron chi connectivity index (χ3n) is 6.73. The zero-order valence-electron chi connectivity index (χ0n) is 19.7. The number of carbonyl (C=O) groups is 2. The minimum Gasteiger partial charge on any atom is -0.494 e. The minimum atomic E-state index is -0.250. The zero-order chi connectivity index (χ0) is 24.1. The summed E-state index contributed by atoms with van der Waals surface area (Å²) in [5.41, 5.74) is 1.35. The lowest BCUT2D eigenvalue weighted by Crippen LogP contribution is -2.35. The monoisotopic (exact) mass is 464 g/mol. The molecule has 0 radical (unpaired) electrons. The van der Waals surface area contributed by atoms with E-state index in [-0.39, 0.29) is 19.0 Å². The van der Waals surface area contributed by atoms with Crippen molar-refractivity contribution in [3.8, 4) is 5.75 Å². The highest BCUT2D eigenvalue weighted by Gasteiger charge is 2.39. The van der Waals surface area contributed by atoms with Gasteiger partial charge in [-0.25, -0.2) is 0 Å². The van der Waals surface area contributed by atoms with Crippen molar-refractivity contribution >= 4 is 12.9 Å². The third kappa shape index (κ3) is 9.70. The van der Waals surface area contributed by atoms with Crippen molar-refractivity contribution in [3.05, 3.63) is 29.8 Å². The van der Waals surface area contributed by atoms with E-state index >= 15 is 0 Å². The molecular formula is C25H40N2O6. The van der Waals surface area contributed by atoms with E-state index in [2.05, 4.69) is 41.0 Å². The Hall–Kier alpha value is -2.16. The first-order valence-electron chi connectivity index (χ1n) is 12.0. The average molecular weight is 465 g/mol. The molecular weight excluding hydrogens is 424 g/mol. The van der Waals surface area contributed by atoms with Crippen LogP contribution in [0.3, 0.4) is 0 Å². The van der Waals surface area contributed by atoms with Gasteiger partial charge in [0, 0.05) is 32.7 Å². The molecule has 33 heavy (non-hydrogen) atoms. The van der Waals surface area contributed by atoms with Crippen LogP contribution in [0.25, 0.3) is 0 Å². The van der Waals surface area contributed by atoms with Gasteiger partial charge in [0.25, 0.3) is 12.9 Å². The van der Waals surface area contributed by atoms with Gasteiger partial charge >= 0.3 is 0 Å². The molecule has 2 unspecified atom stereocenters. The topological polar surface area (TPSA) is 111 Å². The lowest BCUT2D eigenvalue weighted by Gasteiger charge is -2.30. The Morgan fingerprint density at radius 2 is 1.73 bits per heavy atom. The van der Waals surface area contributed by atoms with Crippen molar-refractivity contribution in [3.63, 3.8) is 0 Å². The van der Waals surface area contributed by atoms with E-state index in [4.69, 9.17) is 24.5 Å². The van der Waals surface area contributed by atoms with Crippen LogP contribution in [0.15, 0.2) is 24.3 Å². The molecule has 8 heteroatoms. The fraction of sp³-hybridized carbons (Fsp3) is 0.680. The molecule has 0 spiro atoms. The van der Waals surface area contributed by atoms with Gasteiger partial charge in [-0.1, -0.05) is 19.1 Å². The number of piperidine rings is 1. The predicted octanol–water partition coefficient (Wildman–Crippen LogP) is 2.79. The Labute approximate surface area is 197 Å². The number of aliphatic hydroxyl groups is 1. The Morgan fingerprint density at radius 1 is 1.06 bits per heavy atom. The fourth-order valence-electron chi connectivity index (χ4n) is 5.45. The molecule has 3 N–H and O–H groups in total. The summed E-state index contributed by atoms with van der Waals surface area (Å²) in [7, 11) is 0. The number of benzene rings is 1. The number of rotatable bonds is 7. The predicted molar refractivity (Wildman–Crippen MR) is 126 cm³/mol. The molecule has 1 saturated carbocycles. The number of aliphatic hydroxyl groups excluding tert-OH is 1. The van der Waals surface area contributed by atoms with Crippen molar-refractivity contribution < 1.29 is 29.6 Å². The number of hydrogen-bond donors (Lipinski definition) is 3. The second-order valence-corrected chi connectivity index (χ2v) is 9.45. The van der Waals surface area contributed by atoms with E-state index in [0.29, 0.717) is 11.8 Å². The molecule has 3 aliphatic rings. The molecule has 4 rings (SSSR count). The number of hydrogen-bond acceptors (Lipinski definition) is 6. The van der Waals surface area contributed by atoms with Crippen LogP contribution < -0.4 is 4.74 Å². The van der Waals surface area contributed by atoms with Gasteiger partial charge in [0.2, 0.25) is 0 Å². The van der Waals surface area contributed by atoms with E-state index < -0.39 is 0 Å². The summed E-state index contributed by atoms with van der Waals surface area (Å²) in [6.07, 6.45) is 5.79. The van der Waals surface area contributed by atoms with E-state index in [0.717, 1.165) is 63.7 Å². The molecule has 2 aliphatic heterocycles. The Balaban J connectivity index is 0.000000582. The number of ether oxygens (including phenoxy) is 1. The van der Waals surface area contributed by atoms with Crippen molar-refractivity contribution in [1.82, 2.24) is 9.80 Å². The Morgan fingerprint density at radius 3 is 2.36 bits per heavy atom. The van der Waals surface area contributed by atoms with Crippen LogP contribution in [-0.4, -0.2) is 83.5 Å². The largest absolute Gasteiger partial charge is 0.494 e. The first kappa shape index (κ1) is 27.1. The van der Waals surface area contributed by atoms with Gasteiger partial charge in [-0.3, -0.25) is 14.5 Å². The van der Waals surface area contributed by atoms with Crippen LogP contribution >= 0.6 is 0 Å². The molecule has 186 valence electrons. The molecule has 0 bridgehead atoms. The molecule has 2 heterocycles. The second kappa shape index (κ2) is 14.9. The van der Waals surface area contributed by atoms with E-state index in [1.54, 1.807) is 0 Å². The Kier molecular flexibility index (Phi) is 12.2. The maximum Gasteiger partial charge on any atom is 0.290 e. The first-order chi connectivity index (χ1) is 16.0. The molecule has 4 atom stereocenters. The highest BCUT2D eigenvalue weighted by Crippen LogP contribution is 2.38. The zero-order valence-corrected chi connectivity index (χ0v) is 19.7. The van der Waals surface area contributed by atoms with E-state index in [1.807, 2.05) is 0 Å². The van der Waals surface area contributed by atoms with Gasteiger partial charge in [0.15, 0.2) is 0 Å².